The second-order valence-corrected chi connectivity index (χ2v) is 5.93. The molecule has 1 unspecified atom stereocenters. The highest BCUT2D eigenvalue weighted by atomic mass is 35.5. The maximum atomic E-state index is 6.08. The zero-order chi connectivity index (χ0) is 14.4. The number of nitrogens with two attached hydrogens (primary N) is 1. The third-order valence-electron chi connectivity index (χ3n) is 3.84. The van der Waals surface area contributed by atoms with E-state index in [1.807, 2.05) is 18.2 Å². The molecule has 1 atom stereocenters. The van der Waals surface area contributed by atoms with Gasteiger partial charge in [0.2, 0.25) is 0 Å². The van der Waals surface area contributed by atoms with Crippen LogP contribution in [0.1, 0.15) is 31.7 Å². The van der Waals surface area contributed by atoms with Gasteiger partial charge in [0.25, 0.3) is 0 Å². The van der Waals surface area contributed by atoms with E-state index < -0.39 is 0 Å². The summed E-state index contributed by atoms with van der Waals surface area (Å²) in [6.07, 6.45) is 3.92. The van der Waals surface area contributed by atoms with Gasteiger partial charge < -0.3 is 15.2 Å². The summed E-state index contributed by atoms with van der Waals surface area (Å²) in [5, 5.41) is 0.738. The highest BCUT2D eigenvalue weighted by Gasteiger charge is 2.16. The molecule has 0 radical (unpaired) electrons. The fraction of sp³-hybridized carbons (Fsp3) is 0.625. The van der Waals surface area contributed by atoms with Crippen LogP contribution in [-0.4, -0.2) is 25.9 Å². The molecule has 1 heterocycles. The van der Waals surface area contributed by atoms with Crippen LogP contribution in [0, 0.1) is 5.92 Å². The van der Waals surface area contributed by atoms with Crippen molar-refractivity contribution < 1.29 is 9.47 Å². The molecule has 112 valence electrons. The van der Waals surface area contributed by atoms with Crippen LogP contribution in [0.25, 0.3) is 0 Å². The Morgan fingerprint density at radius 1 is 1.40 bits per heavy atom. The maximum Gasteiger partial charge on any atom is 0.122 e. The number of rotatable bonds is 6. The monoisotopic (exact) mass is 297 g/mol. The fourth-order valence-corrected chi connectivity index (χ4v) is 2.59. The summed E-state index contributed by atoms with van der Waals surface area (Å²) in [4.78, 5) is 0. The average Bonchev–Trinajstić information content (AvgIpc) is 2.47. The largest absolute Gasteiger partial charge is 0.493 e. The first-order chi connectivity index (χ1) is 9.69. The Bertz CT molecular complexity index is 419. The van der Waals surface area contributed by atoms with E-state index >= 15 is 0 Å². The average molecular weight is 298 g/mol. The molecule has 0 amide bonds. The highest BCUT2D eigenvalue weighted by Crippen LogP contribution is 2.26. The topological polar surface area (TPSA) is 44.5 Å². The zero-order valence-corrected chi connectivity index (χ0v) is 12.9. The third-order valence-corrected chi connectivity index (χ3v) is 4.08. The van der Waals surface area contributed by atoms with E-state index in [2.05, 4.69) is 6.92 Å². The van der Waals surface area contributed by atoms with Gasteiger partial charge in [-0.2, -0.15) is 0 Å². The number of hydrogen-bond donors (Lipinski definition) is 1. The van der Waals surface area contributed by atoms with E-state index in [9.17, 15) is 0 Å². The number of halogens is 1. The van der Waals surface area contributed by atoms with Crippen LogP contribution < -0.4 is 10.5 Å². The van der Waals surface area contributed by atoms with Crippen LogP contribution in [0.2, 0.25) is 5.02 Å². The van der Waals surface area contributed by atoms with Crippen molar-refractivity contribution in [3.05, 3.63) is 28.8 Å². The van der Waals surface area contributed by atoms with Crippen LogP contribution >= 0.6 is 11.6 Å². The molecule has 0 saturated carbocycles. The molecule has 3 nitrogen and oxygen atoms in total. The van der Waals surface area contributed by atoms with Crippen LogP contribution in [0.5, 0.6) is 5.75 Å². The zero-order valence-electron chi connectivity index (χ0n) is 12.1. The molecule has 1 aromatic carbocycles. The van der Waals surface area contributed by atoms with Gasteiger partial charge in [-0.1, -0.05) is 18.5 Å². The summed E-state index contributed by atoms with van der Waals surface area (Å²) in [5.74, 6) is 1.51. The minimum atomic E-state index is 0.152. The molecule has 20 heavy (non-hydrogen) atoms. The van der Waals surface area contributed by atoms with Gasteiger partial charge in [0.1, 0.15) is 5.75 Å². The van der Waals surface area contributed by atoms with Gasteiger partial charge in [0, 0.05) is 24.3 Å². The summed E-state index contributed by atoms with van der Waals surface area (Å²) in [7, 11) is 0. The molecular weight excluding hydrogens is 274 g/mol. The first-order valence-corrected chi connectivity index (χ1v) is 7.81. The van der Waals surface area contributed by atoms with E-state index in [4.69, 9.17) is 26.8 Å². The summed E-state index contributed by atoms with van der Waals surface area (Å²) in [6, 6.07) is 5.95. The Kier molecular flexibility index (Phi) is 6.14. The van der Waals surface area contributed by atoms with Gasteiger partial charge in [-0.3, -0.25) is 0 Å². The lowest BCUT2D eigenvalue weighted by Gasteiger charge is -2.23. The molecule has 0 spiro atoms. The standard InChI is InChI=1S/C16H24ClNO2/c1-2-15(18)10-13-9-14(17)3-4-16(13)20-11-12-5-7-19-8-6-12/h3-4,9,12,15H,2,5-8,10-11,18H2,1H3. The van der Waals surface area contributed by atoms with E-state index in [-0.39, 0.29) is 6.04 Å². The first-order valence-electron chi connectivity index (χ1n) is 7.43. The van der Waals surface area contributed by atoms with Crippen LogP contribution in [0.15, 0.2) is 18.2 Å². The SMILES string of the molecule is CCC(N)Cc1cc(Cl)ccc1OCC1CCOCC1. The number of hydrogen-bond acceptors (Lipinski definition) is 3. The summed E-state index contributed by atoms with van der Waals surface area (Å²) in [6.45, 7) is 4.54. The van der Waals surface area contributed by atoms with Crippen molar-refractivity contribution in [3.63, 3.8) is 0 Å². The van der Waals surface area contributed by atoms with E-state index in [1.54, 1.807) is 0 Å². The first kappa shape index (κ1) is 15.6. The van der Waals surface area contributed by atoms with Crippen molar-refractivity contribution in [1.82, 2.24) is 0 Å². The maximum absolute atomic E-state index is 6.08. The molecule has 0 bridgehead atoms. The van der Waals surface area contributed by atoms with Crippen LogP contribution in [0.3, 0.4) is 0 Å². The second kappa shape index (κ2) is 7.87. The Labute approximate surface area is 126 Å². The highest BCUT2D eigenvalue weighted by molar-refractivity contribution is 6.30. The van der Waals surface area contributed by atoms with Gasteiger partial charge in [-0.25, -0.2) is 0 Å². The summed E-state index contributed by atoms with van der Waals surface area (Å²) < 4.78 is 11.4. The van der Waals surface area contributed by atoms with Crippen molar-refractivity contribution in [2.45, 2.75) is 38.6 Å². The second-order valence-electron chi connectivity index (χ2n) is 5.49. The van der Waals surface area contributed by atoms with E-state index in [1.165, 1.54) is 0 Å². The van der Waals surface area contributed by atoms with Crippen molar-refractivity contribution in [3.8, 4) is 5.75 Å². The number of ether oxygens (including phenoxy) is 2. The van der Waals surface area contributed by atoms with Crippen LogP contribution in [-0.2, 0) is 11.2 Å². The molecule has 0 aromatic heterocycles. The summed E-state index contributed by atoms with van der Waals surface area (Å²) in [5.41, 5.74) is 7.16. The van der Waals surface area contributed by atoms with Gasteiger partial charge in [-0.15, -0.1) is 0 Å². The minimum absolute atomic E-state index is 0.152. The van der Waals surface area contributed by atoms with Gasteiger partial charge in [0.15, 0.2) is 0 Å². The van der Waals surface area contributed by atoms with Gasteiger partial charge >= 0.3 is 0 Å². The van der Waals surface area contributed by atoms with Crippen molar-refractivity contribution in [1.29, 1.82) is 0 Å². The lowest BCUT2D eigenvalue weighted by molar-refractivity contribution is 0.0496. The van der Waals surface area contributed by atoms with Crippen molar-refractivity contribution >= 4 is 11.6 Å². The Morgan fingerprint density at radius 2 is 2.15 bits per heavy atom. The minimum Gasteiger partial charge on any atom is -0.493 e. The Hall–Kier alpha value is -0.770. The molecule has 4 heteroatoms. The van der Waals surface area contributed by atoms with Gasteiger partial charge in [-0.05, 0) is 55.4 Å². The normalized spacial score (nSPS) is 17.9. The fourth-order valence-electron chi connectivity index (χ4n) is 2.40. The molecule has 1 aliphatic rings. The van der Waals surface area contributed by atoms with Crippen molar-refractivity contribution in [2.24, 2.45) is 11.7 Å². The molecule has 1 saturated heterocycles. The predicted octanol–water partition coefficient (Wildman–Crippen LogP) is 3.43. The molecule has 1 aliphatic heterocycles. The van der Waals surface area contributed by atoms with Gasteiger partial charge in [0.05, 0.1) is 6.61 Å². The molecular formula is C16H24ClNO2. The molecule has 1 fully saturated rings. The smallest absolute Gasteiger partial charge is 0.122 e. The van der Waals surface area contributed by atoms with E-state index in [0.717, 1.165) is 61.8 Å². The lowest BCUT2D eigenvalue weighted by Crippen LogP contribution is -2.23. The Balaban J connectivity index is 1.98. The predicted molar refractivity (Wildman–Crippen MR) is 82.5 cm³/mol. The molecule has 2 rings (SSSR count). The quantitative estimate of drug-likeness (QED) is 0.875. The van der Waals surface area contributed by atoms with Crippen molar-refractivity contribution in [2.75, 3.05) is 19.8 Å². The molecule has 0 aliphatic carbocycles. The Morgan fingerprint density at radius 3 is 2.85 bits per heavy atom. The third kappa shape index (κ3) is 4.65. The summed E-state index contributed by atoms with van der Waals surface area (Å²) >= 11 is 6.08. The molecule has 1 aromatic rings. The molecule has 2 N–H and O–H groups in total. The number of benzene rings is 1. The van der Waals surface area contributed by atoms with Crippen LogP contribution in [0.4, 0.5) is 0 Å². The van der Waals surface area contributed by atoms with E-state index in [0.29, 0.717) is 5.92 Å². The lowest BCUT2D eigenvalue weighted by atomic mass is 10.0.